The van der Waals surface area contributed by atoms with Crippen LogP contribution in [0.5, 0.6) is 5.75 Å². The summed E-state index contributed by atoms with van der Waals surface area (Å²) in [5.41, 5.74) is 7.71. The number of benzene rings is 1. The van der Waals surface area contributed by atoms with Gasteiger partial charge in [0.15, 0.2) is 0 Å². The predicted molar refractivity (Wildman–Crippen MR) is 72.4 cm³/mol. The number of rotatable bonds is 6. The Morgan fingerprint density at radius 2 is 2.24 bits per heavy atom. The zero-order valence-electron chi connectivity index (χ0n) is 10.7. The lowest BCUT2D eigenvalue weighted by molar-refractivity contribution is 0.319. The first-order chi connectivity index (χ1) is 8.24. The second-order valence-electron chi connectivity index (χ2n) is 4.76. The minimum absolute atomic E-state index is 0.641. The molecule has 0 spiro atoms. The molecule has 3 heteroatoms. The quantitative estimate of drug-likeness (QED) is 0.743. The Morgan fingerprint density at radius 1 is 1.41 bits per heavy atom. The first-order valence-electron chi connectivity index (χ1n) is 6.53. The first kappa shape index (κ1) is 12.1. The average Bonchev–Trinajstić information content (AvgIpc) is 3.08. The van der Waals surface area contributed by atoms with E-state index in [1.165, 1.54) is 12.8 Å². The van der Waals surface area contributed by atoms with Gasteiger partial charge in [0, 0.05) is 17.8 Å². The molecule has 0 bridgehead atoms. The lowest BCUT2D eigenvalue weighted by atomic mass is 10.2. The van der Waals surface area contributed by atoms with Crippen molar-refractivity contribution < 1.29 is 4.74 Å². The first-order valence-corrected chi connectivity index (χ1v) is 6.53. The van der Waals surface area contributed by atoms with Crippen molar-refractivity contribution >= 4 is 11.4 Å². The van der Waals surface area contributed by atoms with E-state index >= 15 is 0 Å². The summed E-state index contributed by atoms with van der Waals surface area (Å²) in [6.07, 6.45) is 3.54. The predicted octanol–water partition coefficient (Wildman–Crippen LogP) is 3.27. The third-order valence-corrected chi connectivity index (χ3v) is 3.27. The van der Waals surface area contributed by atoms with Crippen LogP contribution in [-0.2, 0) is 0 Å². The van der Waals surface area contributed by atoms with Crippen molar-refractivity contribution in [1.29, 1.82) is 0 Å². The lowest BCUT2D eigenvalue weighted by Crippen LogP contribution is -2.05. The fourth-order valence-corrected chi connectivity index (χ4v) is 2.05. The van der Waals surface area contributed by atoms with E-state index in [4.69, 9.17) is 10.5 Å². The molecule has 1 aliphatic rings. The molecular weight excluding hydrogens is 212 g/mol. The molecule has 0 aliphatic heterocycles. The monoisotopic (exact) mass is 234 g/mol. The summed E-state index contributed by atoms with van der Waals surface area (Å²) in [5, 5.41) is 3.53. The van der Waals surface area contributed by atoms with Crippen molar-refractivity contribution in [3.8, 4) is 5.75 Å². The molecular formula is C14H22N2O. The Morgan fingerprint density at radius 3 is 2.88 bits per heavy atom. The van der Waals surface area contributed by atoms with E-state index in [2.05, 4.69) is 19.2 Å². The summed E-state index contributed by atoms with van der Waals surface area (Å²) >= 11 is 0. The molecule has 0 amide bonds. The van der Waals surface area contributed by atoms with Crippen LogP contribution in [0.1, 0.15) is 33.1 Å². The normalized spacial score (nSPS) is 22.2. The highest BCUT2D eigenvalue weighted by atomic mass is 16.5. The Balaban J connectivity index is 1.98. The fraction of sp³-hybridized carbons (Fsp3) is 0.571. The van der Waals surface area contributed by atoms with E-state index in [-0.39, 0.29) is 0 Å². The zero-order valence-corrected chi connectivity index (χ0v) is 10.7. The van der Waals surface area contributed by atoms with Gasteiger partial charge in [-0.25, -0.2) is 0 Å². The Bertz CT molecular complexity index is 378. The van der Waals surface area contributed by atoms with Crippen LogP contribution in [0.15, 0.2) is 18.2 Å². The maximum absolute atomic E-state index is 5.88. The van der Waals surface area contributed by atoms with Gasteiger partial charge in [-0.1, -0.05) is 20.3 Å². The maximum atomic E-state index is 5.88. The van der Waals surface area contributed by atoms with Crippen molar-refractivity contribution in [2.24, 2.45) is 5.92 Å². The smallest absolute Gasteiger partial charge is 0.144 e. The van der Waals surface area contributed by atoms with Crippen molar-refractivity contribution in [2.75, 3.05) is 17.7 Å². The molecule has 0 aromatic heterocycles. The van der Waals surface area contributed by atoms with Crippen molar-refractivity contribution in [3.63, 3.8) is 0 Å². The minimum Gasteiger partial charge on any atom is -0.491 e. The Labute approximate surface area is 103 Å². The van der Waals surface area contributed by atoms with Gasteiger partial charge in [0.1, 0.15) is 5.75 Å². The zero-order chi connectivity index (χ0) is 12.3. The number of nitrogens with one attached hydrogen (secondary N) is 1. The van der Waals surface area contributed by atoms with Gasteiger partial charge in [-0.2, -0.15) is 0 Å². The molecule has 3 N–H and O–H groups in total. The molecule has 0 radical (unpaired) electrons. The Kier molecular flexibility index (Phi) is 3.77. The molecule has 2 rings (SSSR count). The van der Waals surface area contributed by atoms with Gasteiger partial charge < -0.3 is 15.8 Å². The third-order valence-electron chi connectivity index (χ3n) is 3.27. The largest absolute Gasteiger partial charge is 0.491 e. The highest BCUT2D eigenvalue weighted by Gasteiger charge is 2.35. The van der Waals surface area contributed by atoms with Crippen LogP contribution in [0.2, 0.25) is 0 Å². The number of hydrogen-bond donors (Lipinski definition) is 2. The van der Waals surface area contributed by atoms with Gasteiger partial charge in [-0.05, 0) is 30.9 Å². The summed E-state index contributed by atoms with van der Waals surface area (Å²) in [6.45, 7) is 5.05. The van der Waals surface area contributed by atoms with E-state index in [9.17, 15) is 0 Å². The van der Waals surface area contributed by atoms with Crippen LogP contribution >= 0.6 is 0 Å². The molecule has 3 nitrogen and oxygen atoms in total. The molecule has 2 unspecified atom stereocenters. The molecule has 94 valence electrons. The van der Waals surface area contributed by atoms with Crippen LogP contribution in [0.25, 0.3) is 0 Å². The molecule has 1 aromatic rings. The number of hydrogen-bond acceptors (Lipinski definition) is 3. The summed E-state index contributed by atoms with van der Waals surface area (Å²) < 4.78 is 5.62. The van der Waals surface area contributed by atoms with Crippen molar-refractivity contribution in [1.82, 2.24) is 0 Å². The molecule has 1 fully saturated rings. The molecule has 0 heterocycles. The van der Waals surface area contributed by atoms with Gasteiger partial charge in [-0.3, -0.25) is 0 Å². The number of nitrogens with two attached hydrogens (primary N) is 1. The van der Waals surface area contributed by atoms with Gasteiger partial charge in [0.05, 0.1) is 12.3 Å². The molecule has 1 aromatic carbocycles. The molecule has 1 saturated carbocycles. The van der Waals surface area contributed by atoms with Gasteiger partial charge in [-0.15, -0.1) is 0 Å². The van der Waals surface area contributed by atoms with Crippen LogP contribution in [-0.4, -0.2) is 12.6 Å². The minimum atomic E-state index is 0.641. The van der Waals surface area contributed by atoms with Gasteiger partial charge in [0.2, 0.25) is 0 Å². The average molecular weight is 234 g/mol. The second-order valence-corrected chi connectivity index (χ2v) is 4.76. The molecule has 17 heavy (non-hydrogen) atoms. The topological polar surface area (TPSA) is 47.3 Å². The van der Waals surface area contributed by atoms with E-state index in [0.29, 0.717) is 18.3 Å². The van der Waals surface area contributed by atoms with E-state index < -0.39 is 0 Å². The number of anilines is 2. The standard InChI is InChI=1S/C14H22N2O/c1-3-7-17-14-9-11(5-6-12(14)15)16-13-8-10(13)4-2/h5-6,9-10,13,16H,3-4,7-8,15H2,1-2H3. The van der Waals surface area contributed by atoms with Crippen molar-refractivity contribution in [2.45, 2.75) is 39.2 Å². The van der Waals surface area contributed by atoms with Gasteiger partial charge in [0.25, 0.3) is 0 Å². The van der Waals surface area contributed by atoms with E-state index in [1.54, 1.807) is 0 Å². The molecule has 1 aliphatic carbocycles. The van der Waals surface area contributed by atoms with Crippen LogP contribution in [0.3, 0.4) is 0 Å². The second kappa shape index (κ2) is 5.30. The summed E-state index contributed by atoms with van der Waals surface area (Å²) in [6, 6.07) is 6.59. The Hall–Kier alpha value is -1.38. The van der Waals surface area contributed by atoms with Crippen LogP contribution in [0.4, 0.5) is 11.4 Å². The van der Waals surface area contributed by atoms with Crippen LogP contribution < -0.4 is 15.8 Å². The fourth-order valence-electron chi connectivity index (χ4n) is 2.05. The number of ether oxygens (including phenoxy) is 1. The molecule has 0 saturated heterocycles. The van der Waals surface area contributed by atoms with Crippen LogP contribution in [0, 0.1) is 5.92 Å². The van der Waals surface area contributed by atoms with E-state index in [0.717, 1.165) is 23.8 Å². The van der Waals surface area contributed by atoms with Gasteiger partial charge >= 0.3 is 0 Å². The SMILES string of the molecule is CCCOc1cc(NC2CC2CC)ccc1N. The summed E-state index contributed by atoms with van der Waals surface area (Å²) in [7, 11) is 0. The third kappa shape index (κ3) is 3.05. The number of nitrogen functional groups attached to an aromatic ring is 1. The highest BCUT2D eigenvalue weighted by molar-refractivity contribution is 5.62. The highest BCUT2D eigenvalue weighted by Crippen LogP contribution is 2.37. The molecule has 2 atom stereocenters. The van der Waals surface area contributed by atoms with Crippen molar-refractivity contribution in [3.05, 3.63) is 18.2 Å². The summed E-state index contributed by atoms with van der Waals surface area (Å²) in [5.74, 6) is 1.64. The van der Waals surface area contributed by atoms with E-state index in [1.807, 2.05) is 18.2 Å². The summed E-state index contributed by atoms with van der Waals surface area (Å²) in [4.78, 5) is 0. The maximum Gasteiger partial charge on any atom is 0.144 e. The lowest BCUT2D eigenvalue weighted by Gasteiger charge is -2.11.